The van der Waals surface area contributed by atoms with Crippen molar-refractivity contribution in [2.45, 2.75) is 87.0 Å². The quantitative estimate of drug-likeness (QED) is 0.143. The van der Waals surface area contributed by atoms with Crippen LogP contribution in [0.4, 0.5) is 0 Å². The second-order valence-electron chi connectivity index (χ2n) is 12.4. The predicted octanol–water partition coefficient (Wildman–Crippen LogP) is -3.07. The van der Waals surface area contributed by atoms with Gasteiger partial charge in [-0.1, -0.05) is 29.8 Å². The number of benzene rings is 1. The minimum atomic E-state index is -2.33. The molecule has 0 saturated carbocycles. The fourth-order valence-corrected chi connectivity index (χ4v) is 6.88. The number of nitrogens with two attached hydrogens (primary N) is 1. The minimum Gasteiger partial charge on any atom is -0.454 e. The SMILES string of the molecule is CO[C@H]1[C@@H](O)[C@H](n2ccc(=O)[nH]c2=O)O[C@@H]1[C@H](O[C@H]1O[C@](C(=O)N[C@H]2CCCCNC2=O)(c2ccc(C)cc2)[C@@H]2C(=O)O[C@H]1C2O)C(N)=O. The first-order chi connectivity index (χ1) is 23.4. The molecule has 18 nitrogen and oxygen atoms in total. The lowest BCUT2D eigenvalue weighted by Gasteiger charge is -2.45. The van der Waals surface area contributed by atoms with Crippen molar-refractivity contribution in [3.8, 4) is 0 Å². The normalized spacial score (nSPS) is 34.8. The third kappa shape index (κ3) is 6.04. The van der Waals surface area contributed by atoms with Gasteiger partial charge in [-0.3, -0.25) is 33.5 Å². The molecule has 0 spiro atoms. The highest BCUT2D eigenvalue weighted by atomic mass is 16.7. The zero-order valence-electron chi connectivity index (χ0n) is 26.5. The number of fused-ring (bicyclic) bond motifs is 2. The minimum absolute atomic E-state index is 0.120. The maximum Gasteiger partial charge on any atom is 0.330 e. The number of hydrogen-bond acceptors (Lipinski definition) is 13. The van der Waals surface area contributed by atoms with Gasteiger partial charge in [0.05, 0.1) is 0 Å². The van der Waals surface area contributed by atoms with E-state index in [0.29, 0.717) is 25.8 Å². The molecule has 49 heavy (non-hydrogen) atoms. The fourth-order valence-electron chi connectivity index (χ4n) is 6.88. The van der Waals surface area contributed by atoms with Crippen molar-refractivity contribution in [1.29, 1.82) is 0 Å². The lowest BCUT2D eigenvalue weighted by molar-refractivity contribution is -0.303. The lowest BCUT2D eigenvalue weighted by atomic mass is 9.74. The summed E-state index contributed by atoms with van der Waals surface area (Å²) < 4.78 is 30.0. The van der Waals surface area contributed by atoms with Gasteiger partial charge in [-0.05, 0) is 31.7 Å². The van der Waals surface area contributed by atoms with Crippen molar-refractivity contribution in [3.05, 3.63) is 68.5 Å². The first kappa shape index (κ1) is 34.4. The number of nitrogens with zero attached hydrogens (tertiary/aromatic N) is 1. The Bertz CT molecular complexity index is 1730. The van der Waals surface area contributed by atoms with Gasteiger partial charge in [0.15, 0.2) is 30.3 Å². The highest BCUT2D eigenvalue weighted by Crippen LogP contribution is 2.49. The molecule has 1 aromatic heterocycles. The number of hydrogen-bond donors (Lipinski definition) is 6. The van der Waals surface area contributed by atoms with Crippen LogP contribution in [0, 0.1) is 12.8 Å². The Morgan fingerprint density at radius 3 is 2.51 bits per heavy atom. The molecular formula is C31H37N5O13. The molecule has 4 fully saturated rings. The molecule has 1 unspecified atom stereocenters. The van der Waals surface area contributed by atoms with Crippen LogP contribution < -0.4 is 27.6 Å². The molecule has 11 atom stereocenters. The summed E-state index contributed by atoms with van der Waals surface area (Å²) in [7, 11) is 1.20. The number of aromatic amines is 1. The van der Waals surface area contributed by atoms with E-state index in [1.54, 1.807) is 19.1 Å². The monoisotopic (exact) mass is 687 g/mol. The maximum atomic E-state index is 14.4. The molecular weight excluding hydrogens is 650 g/mol. The van der Waals surface area contributed by atoms with Crippen LogP contribution >= 0.6 is 0 Å². The molecule has 2 aromatic rings. The van der Waals surface area contributed by atoms with Crippen molar-refractivity contribution < 1.29 is 53.1 Å². The third-order valence-electron chi connectivity index (χ3n) is 9.36. The number of amides is 3. The molecule has 0 radical (unpaired) electrons. The van der Waals surface area contributed by atoms with Gasteiger partial charge in [-0.15, -0.1) is 0 Å². The van der Waals surface area contributed by atoms with E-state index < -0.39 is 102 Å². The van der Waals surface area contributed by atoms with Crippen LogP contribution in [0.25, 0.3) is 0 Å². The van der Waals surface area contributed by atoms with Crippen molar-refractivity contribution in [3.63, 3.8) is 0 Å². The highest BCUT2D eigenvalue weighted by Gasteiger charge is 2.69. The van der Waals surface area contributed by atoms with Gasteiger partial charge in [-0.25, -0.2) is 4.79 Å². The molecule has 7 N–H and O–H groups in total. The van der Waals surface area contributed by atoms with Crippen LogP contribution in [0.2, 0.25) is 0 Å². The molecule has 264 valence electrons. The second kappa shape index (κ2) is 13.4. The number of aryl methyl sites for hydroxylation is 1. The van der Waals surface area contributed by atoms with Gasteiger partial charge in [0.1, 0.15) is 36.4 Å². The number of nitrogens with one attached hydrogen (secondary N) is 3. The molecule has 4 aliphatic rings. The van der Waals surface area contributed by atoms with Gasteiger partial charge in [0.2, 0.25) is 11.8 Å². The molecule has 4 saturated heterocycles. The summed E-state index contributed by atoms with van der Waals surface area (Å²) in [6.45, 7) is 2.21. The summed E-state index contributed by atoms with van der Waals surface area (Å²) in [6, 6.07) is 6.38. The van der Waals surface area contributed by atoms with Crippen LogP contribution in [-0.2, 0) is 48.5 Å². The Kier molecular flexibility index (Phi) is 9.44. The summed E-state index contributed by atoms with van der Waals surface area (Å²) in [5.41, 5.74) is 2.70. The van der Waals surface area contributed by atoms with Crippen LogP contribution in [-0.4, -0.2) is 106 Å². The van der Waals surface area contributed by atoms with Gasteiger partial charge >= 0.3 is 11.7 Å². The first-order valence-electron chi connectivity index (χ1n) is 15.7. The summed E-state index contributed by atoms with van der Waals surface area (Å²) in [5.74, 6) is -5.16. The Hall–Kier alpha value is -4.46. The second-order valence-corrected chi connectivity index (χ2v) is 12.4. The number of carbonyl (C=O) groups is 4. The number of esters is 1. The highest BCUT2D eigenvalue weighted by molar-refractivity contribution is 5.97. The number of ether oxygens (including phenoxy) is 5. The standard InChI is InChI=1S/C31H37N5O13/c1-13-6-8-14(9-7-13)31(29(43)34-15-5-3-4-11-33-25(15)41)17-18(38)21(47-27(17)42)28(49-31)48-23(24(32)40)22-20(45-2)19(39)26(46-22)36-12-10-16(37)35-30(36)44/h6-10,12,15,17-23,26,28,38-39H,3-5,11H2,1-2H3,(H2,32,40)(H,33,41)(H,34,43)(H,35,37,44)/t15-,17-,18?,19+,20-,21-,22-,23-,26+,28-,31+/m0/s1. The average Bonchev–Trinajstić information content (AvgIpc) is 3.39. The van der Waals surface area contributed by atoms with E-state index >= 15 is 0 Å². The fraction of sp³-hybridized carbons (Fsp3) is 0.548. The molecule has 3 amide bonds. The van der Waals surface area contributed by atoms with E-state index in [0.717, 1.165) is 22.4 Å². The molecule has 1 aromatic carbocycles. The summed E-state index contributed by atoms with van der Waals surface area (Å²) in [5, 5.41) is 28.0. The molecule has 2 bridgehead atoms. The van der Waals surface area contributed by atoms with Crippen molar-refractivity contribution >= 4 is 23.7 Å². The lowest BCUT2D eigenvalue weighted by Crippen LogP contribution is -2.65. The predicted molar refractivity (Wildman–Crippen MR) is 162 cm³/mol. The number of methoxy groups -OCH3 is 1. The Balaban J connectivity index is 1.37. The third-order valence-corrected chi connectivity index (χ3v) is 9.36. The Labute approximate surface area is 277 Å². The van der Waals surface area contributed by atoms with E-state index in [-0.39, 0.29) is 5.56 Å². The molecule has 5 heterocycles. The van der Waals surface area contributed by atoms with Crippen LogP contribution in [0.3, 0.4) is 0 Å². The van der Waals surface area contributed by atoms with Crippen LogP contribution in [0.15, 0.2) is 46.1 Å². The molecule has 18 heteroatoms. The smallest absolute Gasteiger partial charge is 0.330 e. The zero-order chi connectivity index (χ0) is 35.2. The van der Waals surface area contributed by atoms with E-state index in [2.05, 4.69) is 10.6 Å². The molecule has 0 aliphatic carbocycles. The summed E-state index contributed by atoms with van der Waals surface area (Å²) >= 11 is 0. The van der Waals surface area contributed by atoms with E-state index in [1.807, 2.05) is 4.98 Å². The first-order valence-corrected chi connectivity index (χ1v) is 15.7. The molecule has 6 rings (SSSR count). The van der Waals surface area contributed by atoms with E-state index in [9.17, 15) is 39.0 Å². The largest absolute Gasteiger partial charge is 0.454 e. The van der Waals surface area contributed by atoms with Crippen molar-refractivity contribution in [1.82, 2.24) is 20.2 Å². The maximum absolute atomic E-state index is 14.4. The van der Waals surface area contributed by atoms with Crippen LogP contribution in [0.1, 0.15) is 36.6 Å². The Morgan fingerprint density at radius 2 is 1.84 bits per heavy atom. The van der Waals surface area contributed by atoms with Gasteiger partial charge in [0.25, 0.3) is 11.5 Å². The topological polar surface area (TPSA) is 260 Å². The number of H-pyrrole nitrogens is 1. The van der Waals surface area contributed by atoms with E-state index in [4.69, 9.17) is 29.4 Å². The number of carbonyl (C=O) groups excluding carboxylic acids is 4. The van der Waals surface area contributed by atoms with Gasteiger partial charge in [-0.2, -0.15) is 0 Å². The van der Waals surface area contributed by atoms with Crippen molar-refractivity contribution in [2.24, 2.45) is 11.7 Å². The average molecular weight is 688 g/mol. The number of rotatable bonds is 9. The van der Waals surface area contributed by atoms with E-state index in [1.165, 1.54) is 19.2 Å². The number of aliphatic hydroxyl groups excluding tert-OH is 2. The summed E-state index contributed by atoms with van der Waals surface area (Å²) in [6.07, 6.45) is -10.3. The number of primary amides is 1. The molecule has 4 aliphatic heterocycles. The summed E-state index contributed by atoms with van der Waals surface area (Å²) in [4.78, 5) is 79.8. The zero-order valence-corrected chi connectivity index (χ0v) is 26.5. The van der Waals surface area contributed by atoms with Crippen LogP contribution in [0.5, 0.6) is 0 Å². The number of aliphatic hydroxyl groups is 2. The van der Waals surface area contributed by atoms with Crippen molar-refractivity contribution in [2.75, 3.05) is 13.7 Å². The Morgan fingerprint density at radius 1 is 1.10 bits per heavy atom. The van der Waals surface area contributed by atoms with Gasteiger partial charge < -0.3 is 50.3 Å². The van der Waals surface area contributed by atoms with Gasteiger partial charge in [0, 0.05) is 25.9 Å². The number of aromatic nitrogens is 2.